The molecule has 2 amide bonds. The van der Waals surface area contributed by atoms with Gasteiger partial charge in [0.15, 0.2) is 0 Å². The maximum atomic E-state index is 12.1. The van der Waals surface area contributed by atoms with Crippen molar-refractivity contribution < 1.29 is 14.5 Å². The fourth-order valence-electron chi connectivity index (χ4n) is 1.91. The maximum Gasteiger partial charge on any atom is 0.270 e. The second-order valence-corrected chi connectivity index (χ2v) is 5.08. The van der Waals surface area contributed by atoms with Gasteiger partial charge in [0, 0.05) is 24.2 Å². The van der Waals surface area contributed by atoms with Crippen molar-refractivity contribution in [3.8, 4) is 0 Å². The number of nitrogens with zero attached hydrogens (tertiary/aromatic N) is 1. The van der Waals surface area contributed by atoms with Gasteiger partial charge in [0.25, 0.3) is 11.6 Å². The molecule has 0 saturated carbocycles. The third-order valence-electron chi connectivity index (χ3n) is 3.07. The molecule has 3 N–H and O–H groups in total. The Labute approximate surface area is 136 Å². The first-order valence-corrected chi connectivity index (χ1v) is 6.87. The van der Waals surface area contributed by atoms with Crippen molar-refractivity contribution in [2.75, 3.05) is 0 Å². The Hall–Kier alpha value is -2.93. The molecular weight excluding hydrogens is 322 g/mol. The zero-order valence-electron chi connectivity index (χ0n) is 11.8. The minimum Gasteiger partial charge on any atom is -0.366 e. The van der Waals surface area contributed by atoms with Crippen LogP contribution >= 0.6 is 11.6 Å². The highest BCUT2D eigenvalue weighted by Crippen LogP contribution is 2.22. The zero-order chi connectivity index (χ0) is 17.0. The molecular formula is C15H12ClN3O4. The molecule has 0 atom stereocenters. The van der Waals surface area contributed by atoms with Crippen LogP contribution < -0.4 is 11.1 Å². The number of halogens is 1. The van der Waals surface area contributed by atoms with E-state index in [2.05, 4.69) is 5.32 Å². The monoisotopic (exact) mass is 333 g/mol. The quantitative estimate of drug-likeness (QED) is 0.645. The van der Waals surface area contributed by atoms with Gasteiger partial charge < -0.3 is 11.1 Å². The molecule has 0 fully saturated rings. The first-order valence-electron chi connectivity index (χ1n) is 6.49. The van der Waals surface area contributed by atoms with Crippen molar-refractivity contribution in [3.63, 3.8) is 0 Å². The average Bonchev–Trinajstić information content (AvgIpc) is 2.52. The third-order valence-corrected chi connectivity index (χ3v) is 3.39. The van der Waals surface area contributed by atoms with Gasteiger partial charge in [-0.05, 0) is 23.8 Å². The lowest BCUT2D eigenvalue weighted by atomic mass is 10.1. The summed E-state index contributed by atoms with van der Waals surface area (Å²) >= 11 is 5.89. The number of carbonyl (C=O) groups excluding carboxylic acids is 2. The Morgan fingerprint density at radius 2 is 1.96 bits per heavy atom. The number of benzene rings is 2. The SMILES string of the molecule is NC(=O)c1cccc(CNC(=O)c2ccc([N+](=O)[O-])cc2Cl)c1. The number of nitrogens with two attached hydrogens (primary N) is 1. The Kier molecular flexibility index (Phi) is 4.92. The van der Waals surface area contributed by atoms with E-state index in [1.165, 1.54) is 12.1 Å². The normalized spacial score (nSPS) is 10.1. The van der Waals surface area contributed by atoms with Gasteiger partial charge in [-0.1, -0.05) is 23.7 Å². The molecule has 0 radical (unpaired) electrons. The molecule has 8 heteroatoms. The highest BCUT2D eigenvalue weighted by Gasteiger charge is 2.14. The van der Waals surface area contributed by atoms with Crippen LogP contribution in [0.3, 0.4) is 0 Å². The minimum atomic E-state index is -0.594. The van der Waals surface area contributed by atoms with Crippen LogP contribution in [0, 0.1) is 10.1 Å². The molecule has 0 aliphatic rings. The van der Waals surface area contributed by atoms with E-state index in [1.807, 2.05) is 0 Å². The van der Waals surface area contributed by atoms with Crippen molar-refractivity contribution in [1.82, 2.24) is 5.32 Å². The fraction of sp³-hybridized carbons (Fsp3) is 0.0667. The van der Waals surface area contributed by atoms with Crippen LogP contribution in [-0.2, 0) is 6.54 Å². The Morgan fingerprint density at radius 3 is 2.57 bits per heavy atom. The molecule has 0 saturated heterocycles. The number of nitro groups is 1. The molecule has 23 heavy (non-hydrogen) atoms. The Morgan fingerprint density at radius 1 is 1.22 bits per heavy atom. The predicted molar refractivity (Wildman–Crippen MR) is 84.2 cm³/mol. The van der Waals surface area contributed by atoms with Gasteiger partial charge >= 0.3 is 0 Å². The second kappa shape index (κ2) is 6.89. The summed E-state index contributed by atoms with van der Waals surface area (Å²) in [4.78, 5) is 33.2. The van der Waals surface area contributed by atoms with E-state index in [0.29, 0.717) is 11.1 Å². The minimum absolute atomic E-state index is 0.0115. The van der Waals surface area contributed by atoms with Crippen molar-refractivity contribution in [3.05, 3.63) is 74.3 Å². The summed E-state index contributed by atoms with van der Waals surface area (Å²) in [5.41, 5.74) is 6.15. The Balaban J connectivity index is 2.09. The van der Waals surface area contributed by atoms with Gasteiger partial charge in [-0.15, -0.1) is 0 Å². The van der Waals surface area contributed by atoms with Gasteiger partial charge in [-0.25, -0.2) is 0 Å². The number of hydrogen-bond donors (Lipinski definition) is 2. The summed E-state index contributed by atoms with van der Waals surface area (Å²) in [5.74, 6) is -1.04. The molecule has 0 heterocycles. The van der Waals surface area contributed by atoms with Crippen molar-refractivity contribution >= 4 is 29.1 Å². The number of non-ortho nitro benzene ring substituents is 1. The first-order chi connectivity index (χ1) is 10.9. The molecule has 2 aromatic rings. The molecule has 2 aromatic carbocycles. The lowest BCUT2D eigenvalue weighted by molar-refractivity contribution is -0.384. The number of nitrogens with one attached hydrogen (secondary N) is 1. The lowest BCUT2D eigenvalue weighted by Gasteiger charge is -2.07. The van der Waals surface area contributed by atoms with Crippen LogP contribution in [0.2, 0.25) is 5.02 Å². The second-order valence-electron chi connectivity index (χ2n) is 4.67. The summed E-state index contributed by atoms with van der Waals surface area (Å²) in [7, 11) is 0. The molecule has 118 valence electrons. The number of hydrogen-bond acceptors (Lipinski definition) is 4. The number of carbonyl (C=O) groups is 2. The summed E-state index contributed by atoms with van der Waals surface area (Å²) in [5, 5.41) is 13.3. The topological polar surface area (TPSA) is 115 Å². The molecule has 7 nitrogen and oxygen atoms in total. The van der Waals surface area contributed by atoms with E-state index in [4.69, 9.17) is 17.3 Å². The van der Waals surface area contributed by atoms with Crippen LogP contribution in [0.25, 0.3) is 0 Å². The summed E-state index contributed by atoms with van der Waals surface area (Å²) in [6, 6.07) is 10.1. The van der Waals surface area contributed by atoms with Gasteiger partial charge in [-0.3, -0.25) is 19.7 Å². The van der Waals surface area contributed by atoms with E-state index in [0.717, 1.165) is 6.07 Å². The molecule has 0 unspecified atom stereocenters. The van der Waals surface area contributed by atoms with Crippen molar-refractivity contribution in [1.29, 1.82) is 0 Å². The Bertz CT molecular complexity index is 792. The summed E-state index contributed by atoms with van der Waals surface area (Å²) < 4.78 is 0. The highest BCUT2D eigenvalue weighted by molar-refractivity contribution is 6.34. The zero-order valence-corrected chi connectivity index (χ0v) is 12.5. The van der Waals surface area contributed by atoms with E-state index >= 15 is 0 Å². The van der Waals surface area contributed by atoms with E-state index in [9.17, 15) is 19.7 Å². The number of amides is 2. The first kappa shape index (κ1) is 16.4. The maximum absolute atomic E-state index is 12.1. The lowest BCUT2D eigenvalue weighted by Crippen LogP contribution is -2.23. The average molecular weight is 334 g/mol. The van der Waals surface area contributed by atoms with Gasteiger partial charge in [0.05, 0.1) is 15.5 Å². The van der Waals surface area contributed by atoms with Crippen LogP contribution in [0.15, 0.2) is 42.5 Å². The fourth-order valence-corrected chi connectivity index (χ4v) is 2.17. The predicted octanol–water partition coefficient (Wildman–Crippen LogP) is 2.28. The number of primary amides is 1. The molecule has 0 bridgehead atoms. The molecule has 0 aromatic heterocycles. The summed E-state index contributed by atoms with van der Waals surface area (Å²) in [6.07, 6.45) is 0. The van der Waals surface area contributed by atoms with E-state index in [-0.39, 0.29) is 22.8 Å². The van der Waals surface area contributed by atoms with Crippen LogP contribution in [0.5, 0.6) is 0 Å². The molecule has 0 spiro atoms. The highest BCUT2D eigenvalue weighted by atomic mass is 35.5. The number of rotatable bonds is 5. The van der Waals surface area contributed by atoms with Crippen LogP contribution in [0.4, 0.5) is 5.69 Å². The van der Waals surface area contributed by atoms with E-state index in [1.54, 1.807) is 24.3 Å². The van der Waals surface area contributed by atoms with Gasteiger partial charge in [0.2, 0.25) is 5.91 Å². The van der Waals surface area contributed by atoms with Crippen LogP contribution in [0.1, 0.15) is 26.3 Å². The van der Waals surface area contributed by atoms with Crippen molar-refractivity contribution in [2.24, 2.45) is 5.73 Å². The van der Waals surface area contributed by atoms with E-state index < -0.39 is 16.7 Å². The molecule has 0 aliphatic heterocycles. The van der Waals surface area contributed by atoms with Crippen molar-refractivity contribution in [2.45, 2.75) is 6.54 Å². The number of nitro benzene ring substituents is 1. The largest absolute Gasteiger partial charge is 0.366 e. The van der Waals surface area contributed by atoms with Gasteiger partial charge in [0.1, 0.15) is 0 Å². The molecule has 2 rings (SSSR count). The smallest absolute Gasteiger partial charge is 0.270 e. The van der Waals surface area contributed by atoms with Gasteiger partial charge in [-0.2, -0.15) is 0 Å². The third kappa shape index (κ3) is 4.04. The summed E-state index contributed by atoms with van der Waals surface area (Å²) in [6.45, 7) is 0.160. The molecule has 0 aliphatic carbocycles. The standard InChI is InChI=1S/C15H12ClN3O4/c16-13-7-11(19(22)23)4-5-12(13)15(21)18-8-9-2-1-3-10(6-9)14(17)20/h1-7H,8H2,(H2,17,20)(H,18,21). The van der Waals surface area contributed by atoms with Crippen LogP contribution in [-0.4, -0.2) is 16.7 Å².